The lowest BCUT2D eigenvalue weighted by atomic mass is 10.2. The number of aliphatic hydroxyl groups excluding tert-OH is 1. The van der Waals surface area contributed by atoms with Crippen molar-refractivity contribution in [3.63, 3.8) is 0 Å². The number of rotatable bonds is 3. The molecule has 0 aliphatic rings. The summed E-state index contributed by atoms with van der Waals surface area (Å²) in [5, 5.41) is 17.3. The summed E-state index contributed by atoms with van der Waals surface area (Å²) >= 11 is 1.34. The van der Waals surface area contributed by atoms with Gasteiger partial charge in [-0.15, -0.1) is 11.3 Å². The Morgan fingerprint density at radius 1 is 1.63 bits per heavy atom. The fraction of sp³-hybridized carbons (Fsp3) is 0.231. The molecule has 2 aromatic rings. The third kappa shape index (κ3) is 3.44. The lowest BCUT2D eigenvalue weighted by molar-refractivity contribution is 0.103. The molecular formula is C13H13N3O2S. The highest BCUT2D eigenvalue weighted by atomic mass is 32.1. The average molecular weight is 275 g/mol. The van der Waals surface area contributed by atoms with E-state index in [0.717, 1.165) is 0 Å². The van der Waals surface area contributed by atoms with E-state index in [1.165, 1.54) is 11.3 Å². The van der Waals surface area contributed by atoms with E-state index in [-0.39, 0.29) is 12.5 Å². The van der Waals surface area contributed by atoms with E-state index in [1.54, 1.807) is 30.2 Å². The van der Waals surface area contributed by atoms with Gasteiger partial charge in [0.1, 0.15) is 4.88 Å². The molecule has 0 fully saturated rings. The van der Waals surface area contributed by atoms with Crippen LogP contribution in [0, 0.1) is 11.8 Å². The minimum absolute atomic E-state index is 0.0222. The third-order valence-electron chi connectivity index (χ3n) is 2.29. The Bertz CT molecular complexity index is 634. The van der Waals surface area contributed by atoms with E-state index in [9.17, 15) is 4.79 Å². The average Bonchev–Trinajstić information content (AvgIpc) is 2.99. The number of anilines is 1. The van der Waals surface area contributed by atoms with Crippen LogP contribution in [0.5, 0.6) is 0 Å². The van der Waals surface area contributed by atoms with E-state index in [4.69, 9.17) is 5.11 Å². The van der Waals surface area contributed by atoms with Crippen LogP contribution >= 0.6 is 11.3 Å². The summed E-state index contributed by atoms with van der Waals surface area (Å²) < 4.78 is 1.62. The highest BCUT2D eigenvalue weighted by Crippen LogP contribution is 2.17. The number of aryl methyl sites for hydroxylation is 1. The standard InChI is InChI=1S/C13H13N3O2S/c1-16-9-11(8-14-16)15-13(18)12-10(5-7-19-12)4-2-3-6-17/h5,7-9,17H,3,6H2,1H3,(H,15,18). The second-order valence-corrected chi connectivity index (χ2v) is 4.71. The van der Waals surface area contributed by atoms with Crippen LogP contribution in [0.1, 0.15) is 21.7 Å². The number of hydrogen-bond donors (Lipinski definition) is 2. The maximum absolute atomic E-state index is 12.1. The van der Waals surface area contributed by atoms with Crippen LogP contribution in [0.2, 0.25) is 0 Å². The summed E-state index contributed by atoms with van der Waals surface area (Å²) in [7, 11) is 1.78. The number of nitrogens with zero attached hydrogens (tertiary/aromatic N) is 2. The van der Waals surface area contributed by atoms with Crippen LogP contribution in [-0.2, 0) is 7.05 Å². The normalized spacial score (nSPS) is 9.79. The Labute approximate surface area is 114 Å². The highest BCUT2D eigenvalue weighted by Gasteiger charge is 2.12. The molecule has 0 bridgehead atoms. The molecule has 2 aromatic heterocycles. The monoisotopic (exact) mass is 275 g/mol. The molecule has 0 spiro atoms. The van der Waals surface area contributed by atoms with Crippen molar-refractivity contribution in [2.45, 2.75) is 6.42 Å². The van der Waals surface area contributed by atoms with Gasteiger partial charge in [0.2, 0.25) is 0 Å². The molecule has 0 radical (unpaired) electrons. The van der Waals surface area contributed by atoms with Crippen molar-refractivity contribution in [1.29, 1.82) is 0 Å². The molecule has 0 aromatic carbocycles. The van der Waals surface area contributed by atoms with E-state index < -0.39 is 0 Å². The quantitative estimate of drug-likeness (QED) is 0.834. The lowest BCUT2D eigenvalue weighted by Crippen LogP contribution is -2.10. The fourth-order valence-electron chi connectivity index (χ4n) is 1.47. The molecule has 0 saturated heterocycles. The van der Waals surface area contributed by atoms with E-state index in [0.29, 0.717) is 22.5 Å². The van der Waals surface area contributed by atoms with Crippen LogP contribution in [0.25, 0.3) is 0 Å². The van der Waals surface area contributed by atoms with E-state index in [2.05, 4.69) is 22.3 Å². The van der Waals surface area contributed by atoms with Gasteiger partial charge in [0, 0.05) is 25.2 Å². The molecule has 2 rings (SSSR count). The number of carbonyl (C=O) groups excluding carboxylic acids is 1. The van der Waals surface area contributed by atoms with Gasteiger partial charge in [-0.2, -0.15) is 5.10 Å². The first-order valence-corrected chi connectivity index (χ1v) is 6.56. The zero-order valence-electron chi connectivity index (χ0n) is 10.4. The first-order chi connectivity index (χ1) is 9.20. The predicted molar refractivity (Wildman–Crippen MR) is 74.1 cm³/mol. The molecule has 0 aliphatic carbocycles. The summed E-state index contributed by atoms with van der Waals surface area (Å²) in [6.07, 6.45) is 3.71. The number of nitrogens with one attached hydrogen (secondary N) is 1. The summed E-state index contributed by atoms with van der Waals surface area (Å²) in [4.78, 5) is 12.6. The van der Waals surface area contributed by atoms with Gasteiger partial charge in [0.05, 0.1) is 18.5 Å². The van der Waals surface area contributed by atoms with Gasteiger partial charge in [-0.3, -0.25) is 9.48 Å². The Morgan fingerprint density at radius 2 is 2.47 bits per heavy atom. The Balaban J connectivity index is 2.12. The van der Waals surface area contributed by atoms with Crippen molar-refractivity contribution in [1.82, 2.24) is 9.78 Å². The smallest absolute Gasteiger partial charge is 0.267 e. The molecule has 0 atom stereocenters. The predicted octanol–water partition coefficient (Wildman–Crippen LogP) is 1.47. The van der Waals surface area contributed by atoms with Crippen LogP contribution in [0.15, 0.2) is 23.8 Å². The van der Waals surface area contributed by atoms with Crippen LogP contribution < -0.4 is 5.32 Å². The van der Waals surface area contributed by atoms with Gasteiger partial charge in [-0.25, -0.2) is 0 Å². The van der Waals surface area contributed by atoms with Crippen molar-refractivity contribution < 1.29 is 9.90 Å². The molecule has 2 heterocycles. The molecular weight excluding hydrogens is 262 g/mol. The maximum atomic E-state index is 12.1. The molecule has 5 nitrogen and oxygen atoms in total. The van der Waals surface area contributed by atoms with Gasteiger partial charge in [0.25, 0.3) is 5.91 Å². The van der Waals surface area contributed by atoms with Crippen LogP contribution in [0.4, 0.5) is 5.69 Å². The Morgan fingerprint density at radius 3 is 3.16 bits per heavy atom. The topological polar surface area (TPSA) is 67.2 Å². The minimum Gasteiger partial charge on any atom is -0.395 e. The summed E-state index contributed by atoms with van der Waals surface area (Å²) in [5.41, 5.74) is 1.33. The van der Waals surface area contributed by atoms with Gasteiger partial charge in [0.15, 0.2) is 0 Å². The molecule has 0 unspecified atom stereocenters. The second kappa shape index (κ2) is 6.18. The molecule has 0 saturated carbocycles. The van der Waals surface area contributed by atoms with Crippen molar-refractivity contribution >= 4 is 22.9 Å². The van der Waals surface area contributed by atoms with Crippen LogP contribution in [-0.4, -0.2) is 27.4 Å². The van der Waals surface area contributed by atoms with Gasteiger partial charge >= 0.3 is 0 Å². The van der Waals surface area contributed by atoms with Crippen molar-refractivity contribution in [3.8, 4) is 11.8 Å². The first kappa shape index (κ1) is 13.3. The van der Waals surface area contributed by atoms with Crippen molar-refractivity contribution in [3.05, 3.63) is 34.3 Å². The van der Waals surface area contributed by atoms with Gasteiger partial charge in [-0.1, -0.05) is 11.8 Å². The number of thiophene rings is 1. The maximum Gasteiger partial charge on any atom is 0.267 e. The molecule has 0 aliphatic heterocycles. The van der Waals surface area contributed by atoms with Crippen molar-refractivity contribution in [2.24, 2.45) is 7.05 Å². The first-order valence-electron chi connectivity index (χ1n) is 5.68. The molecule has 1 amide bonds. The molecule has 19 heavy (non-hydrogen) atoms. The molecule has 2 N–H and O–H groups in total. The van der Waals surface area contributed by atoms with Crippen molar-refractivity contribution in [2.75, 3.05) is 11.9 Å². The van der Waals surface area contributed by atoms with Gasteiger partial charge in [-0.05, 0) is 11.4 Å². The third-order valence-corrected chi connectivity index (χ3v) is 3.21. The second-order valence-electron chi connectivity index (χ2n) is 3.80. The number of aromatic nitrogens is 2. The van der Waals surface area contributed by atoms with Gasteiger partial charge < -0.3 is 10.4 Å². The Hall–Kier alpha value is -2.10. The largest absolute Gasteiger partial charge is 0.395 e. The number of carbonyl (C=O) groups is 1. The number of amides is 1. The summed E-state index contributed by atoms with van der Waals surface area (Å²) in [6, 6.07) is 1.80. The zero-order chi connectivity index (χ0) is 13.7. The highest BCUT2D eigenvalue weighted by molar-refractivity contribution is 7.12. The number of aliphatic hydroxyl groups is 1. The Kier molecular flexibility index (Phi) is 4.34. The summed E-state index contributed by atoms with van der Waals surface area (Å²) in [6.45, 7) is 0.0222. The molecule has 98 valence electrons. The zero-order valence-corrected chi connectivity index (χ0v) is 11.2. The SMILES string of the molecule is Cn1cc(NC(=O)c2sccc2C#CCCO)cn1. The van der Waals surface area contributed by atoms with E-state index >= 15 is 0 Å². The van der Waals surface area contributed by atoms with Crippen LogP contribution in [0.3, 0.4) is 0 Å². The summed E-state index contributed by atoms with van der Waals surface area (Å²) in [5.74, 6) is 5.50. The minimum atomic E-state index is -0.198. The fourth-order valence-corrected chi connectivity index (χ4v) is 2.22. The van der Waals surface area contributed by atoms with E-state index in [1.807, 2.05) is 5.38 Å². The molecule has 6 heteroatoms. The lowest BCUT2D eigenvalue weighted by Gasteiger charge is -2.00. The number of hydrogen-bond acceptors (Lipinski definition) is 4.